The Balaban J connectivity index is 1.46. The molecule has 4 rings (SSSR count). The number of pyridine rings is 1. The fourth-order valence-corrected chi connectivity index (χ4v) is 3.57. The van der Waals surface area contributed by atoms with Crippen LogP contribution in [0, 0.1) is 5.92 Å². The van der Waals surface area contributed by atoms with Crippen LogP contribution in [0.25, 0.3) is 5.82 Å². The van der Waals surface area contributed by atoms with Gasteiger partial charge < -0.3 is 10.6 Å². The molecule has 8 nitrogen and oxygen atoms in total. The molecule has 1 aliphatic carbocycles. The standard InChI is InChI=1S/C22H20ClF3N6O2/c1-12(30-21(34)14-7-15(22(24,25)26)9-16(23)8-14)20-28-11-29-32(20)18-5-4-17(10-27-18)31-19(33)6-13-2-3-13/h4-5,7-13H,2-3,6H2,1H3,(H,30,34)(H,31,33)/t12-/m0/s1. The third-order valence-corrected chi connectivity index (χ3v) is 5.43. The van der Waals surface area contributed by atoms with E-state index in [1.807, 2.05) is 0 Å². The maximum atomic E-state index is 13.1. The van der Waals surface area contributed by atoms with Gasteiger partial charge in [-0.25, -0.2) is 9.97 Å². The molecular weight excluding hydrogens is 473 g/mol. The van der Waals surface area contributed by atoms with Crippen molar-refractivity contribution in [3.05, 3.63) is 64.8 Å². The van der Waals surface area contributed by atoms with E-state index in [0.29, 0.717) is 29.7 Å². The van der Waals surface area contributed by atoms with E-state index in [9.17, 15) is 22.8 Å². The minimum Gasteiger partial charge on any atom is -0.342 e. The first-order chi connectivity index (χ1) is 16.1. The number of carbonyl (C=O) groups is 2. The number of aromatic nitrogens is 4. The predicted octanol–water partition coefficient (Wildman–Crippen LogP) is 4.56. The van der Waals surface area contributed by atoms with Crippen LogP contribution in [0.4, 0.5) is 18.9 Å². The van der Waals surface area contributed by atoms with E-state index in [1.54, 1.807) is 19.1 Å². The summed E-state index contributed by atoms with van der Waals surface area (Å²) in [7, 11) is 0. The summed E-state index contributed by atoms with van der Waals surface area (Å²) in [5.74, 6) is 0.343. The maximum Gasteiger partial charge on any atom is 0.416 e. The van der Waals surface area contributed by atoms with Crippen LogP contribution >= 0.6 is 11.6 Å². The zero-order valence-electron chi connectivity index (χ0n) is 17.9. The topological polar surface area (TPSA) is 102 Å². The molecule has 0 spiro atoms. The highest BCUT2D eigenvalue weighted by atomic mass is 35.5. The summed E-state index contributed by atoms with van der Waals surface area (Å²) < 4.78 is 40.5. The number of nitrogens with zero attached hydrogens (tertiary/aromatic N) is 4. The Hall–Kier alpha value is -3.47. The molecule has 1 aromatic carbocycles. The van der Waals surface area contributed by atoms with Gasteiger partial charge in [0.15, 0.2) is 11.6 Å². The number of hydrogen-bond acceptors (Lipinski definition) is 5. The molecule has 2 N–H and O–H groups in total. The highest BCUT2D eigenvalue weighted by Crippen LogP contribution is 2.33. The van der Waals surface area contributed by atoms with Crippen molar-refractivity contribution in [3.8, 4) is 5.82 Å². The number of alkyl halides is 3. The summed E-state index contributed by atoms with van der Waals surface area (Å²) in [4.78, 5) is 33.0. The lowest BCUT2D eigenvalue weighted by molar-refractivity contribution is -0.137. The number of carbonyl (C=O) groups excluding carboxylic acids is 2. The predicted molar refractivity (Wildman–Crippen MR) is 117 cm³/mol. The first-order valence-corrected chi connectivity index (χ1v) is 10.8. The number of amides is 2. The van der Waals surface area contributed by atoms with Crippen LogP contribution in [0.1, 0.15) is 54.0 Å². The zero-order chi connectivity index (χ0) is 24.5. The number of nitrogens with one attached hydrogen (secondary N) is 2. The van der Waals surface area contributed by atoms with Gasteiger partial charge in [-0.1, -0.05) is 11.6 Å². The molecule has 178 valence electrons. The Morgan fingerprint density at radius 2 is 1.97 bits per heavy atom. The Morgan fingerprint density at radius 1 is 1.21 bits per heavy atom. The third-order valence-electron chi connectivity index (χ3n) is 5.22. The quantitative estimate of drug-likeness (QED) is 0.503. The van der Waals surface area contributed by atoms with E-state index in [4.69, 9.17) is 11.6 Å². The molecule has 0 radical (unpaired) electrons. The lowest BCUT2D eigenvalue weighted by Crippen LogP contribution is -2.29. The van der Waals surface area contributed by atoms with Crippen molar-refractivity contribution in [1.29, 1.82) is 0 Å². The molecule has 3 aromatic rings. The zero-order valence-corrected chi connectivity index (χ0v) is 18.7. The summed E-state index contributed by atoms with van der Waals surface area (Å²) in [5, 5.41) is 9.31. The minimum absolute atomic E-state index is 0.0653. The van der Waals surface area contributed by atoms with Crippen molar-refractivity contribution >= 4 is 29.1 Å². The lowest BCUT2D eigenvalue weighted by Gasteiger charge is -2.15. The van der Waals surface area contributed by atoms with E-state index in [-0.39, 0.29) is 16.5 Å². The van der Waals surface area contributed by atoms with Crippen LogP contribution < -0.4 is 10.6 Å². The average Bonchev–Trinajstić information content (AvgIpc) is 3.44. The van der Waals surface area contributed by atoms with E-state index >= 15 is 0 Å². The second kappa shape index (κ2) is 9.41. The Morgan fingerprint density at radius 3 is 2.62 bits per heavy atom. The van der Waals surface area contributed by atoms with Gasteiger partial charge >= 0.3 is 6.18 Å². The smallest absolute Gasteiger partial charge is 0.342 e. The van der Waals surface area contributed by atoms with Crippen molar-refractivity contribution in [2.24, 2.45) is 5.92 Å². The monoisotopic (exact) mass is 492 g/mol. The third kappa shape index (κ3) is 5.71. The molecular formula is C22H20ClF3N6O2. The van der Waals surface area contributed by atoms with Gasteiger partial charge in [0.25, 0.3) is 5.91 Å². The summed E-state index contributed by atoms with van der Waals surface area (Å²) in [6.07, 6.45) is 0.764. The van der Waals surface area contributed by atoms with Gasteiger partial charge in [0.05, 0.1) is 23.5 Å². The van der Waals surface area contributed by atoms with Gasteiger partial charge in [-0.05, 0) is 56.0 Å². The molecule has 2 heterocycles. The SMILES string of the molecule is C[C@H](NC(=O)c1cc(Cl)cc(C(F)(F)F)c1)c1ncnn1-c1ccc(NC(=O)CC2CC2)cn1. The van der Waals surface area contributed by atoms with Crippen LogP contribution in [0.3, 0.4) is 0 Å². The molecule has 0 bridgehead atoms. The van der Waals surface area contributed by atoms with Crippen LogP contribution in [-0.2, 0) is 11.0 Å². The molecule has 1 saturated carbocycles. The number of anilines is 1. The fourth-order valence-electron chi connectivity index (χ4n) is 3.33. The second-order valence-electron chi connectivity index (χ2n) is 8.05. The van der Waals surface area contributed by atoms with Crippen LogP contribution in [0.5, 0.6) is 0 Å². The van der Waals surface area contributed by atoms with Gasteiger partial charge in [-0.3, -0.25) is 9.59 Å². The molecule has 34 heavy (non-hydrogen) atoms. The van der Waals surface area contributed by atoms with E-state index in [2.05, 4.69) is 25.7 Å². The number of benzene rings is 1. The minimum atomic E-state index is -4.64. The molecule has 1 aliphatic rings. The molecule has 12 heteroatoms. The second-order valence-corrected chi connectivity index (χ2v) is 8.49. The van der Waals surface area contributed by atoms with Crippen LogP contribution in [0.2, 0.25) is 5.02 Å². The van der Waals surface area contributed by atoms with E-state index in [1.165, 1.54) is 17.2 Å². The van der Waals surface area contributed by atoms with Crippen molar-refractivity contribution in [2.75, 3.05) is 5.32 Å². The van der Waals surface area contributed by atoms with Crippen molar-refractivity contribution < 1.29 is 22.8 Å². The molecule has 1 fully saturated rings. The van der Waals surface area contributed by atoms with E-state index < -0.39 is 23.7 Å². The summed E-state index contributed by atoms with van der Waals surface area (Å²) in [6, 6.07) is 5.22. The molecule has 0 saturated heterocycles. The Bertz CT molecular complexity index is 1210. The molecule has 1 atom stereocenters. The van der Waals surface area contributed by atoms with Crippen molar-refractivity contribution in [2.45, 2.75) is 38.4 Å². The van der Waals surface area contributed by atoms with Gasteiger partial charge in [0.2, 0.25) is 5.91 Å². The van der Waals surface area contributed by atoms with Crippen LogP contribution in [-0.4, -0.2) is 31.6 Å². The molecule has 2 amide bonds. The highest BCUT2D eigenvalue weighted by Gasteiger charge is 2.32. The number of hydrogen-bond donors (Lipinski definition) is 2. The highest BCUT2D eigenvalue weighted by molar-refractivity contribution is 6.31. The van der Waals surface area contributed by atoms with E-state index in [0.717, 1.165) is 31.0 Å². The number of rotatable bonds is 7. The summed E-state index contributed by atoms with van der Waals surface area (Å²) in [5.41, 5.74) is -0.713. The van der Waals surface area contributed by atoms with Gasteiger partial charge in [0.1, 0.15) is 6.33 Å². The van der Waals surface area contributed by atoms with Gasteiger partial charge in [-0.15, -0.1) is 0 Å². The lowest BCUT2D eigenvalue weighted by atomic mass is 10.1. The largest absolute Gasteiger partial charge is 0.416 e. The first-order valence-electron chi connectivity index (χ1n) is 10.4. The summed E-state index contributed by atoms with van der Waals surface area (Å²) >= 11 is 5.77. The Labute approximate surface area is 197 Å². The average molecular weight is 493 g/mol. The first kappa shape index (κ1) is 23.7. The van der Waals surface area contributed by atoms with Gasteiger partial charge in [-0.2, -0.15) is 23.0 Å². The van der Waals surface area contributed by atoms with Crippen LogP contribution in [0.15, 0.2) is 42.9 Å². The normalized spacial score (nSPS) is 14.5. The van der Waals surface area contributed by atoms with Crippen molar-refractivity contribution in [1.82, 2.24) is 25.1 Å². The molecule has 2 aromatic heterocycles. The van der Waals surface area contributed by atoms with Crippen molar-refractivity contribution in [3.63, 3.8) is 0 Å². The summed E-state index contributed by atoms with van der Waals surface area (Å²) in [6.45, 7) is 1.61. The maximum absolute atomic E-state index is 13.1. The molecule has 0 unspecified atom stereocenters. The Kier molecular flexibility index (Phi) is 6.56. The fraction of sp³-hybridized carbons (Fsp3) is 0.318. The van der Waals surface area contributed by atoms with Gasteiger partial charge in [0, 0.05) is 17.0 Å². The molecule has 0 aliphatic heterocycles. The number of halogens is 4.